The van der Waals surface area contributed by atoms with Crippen molar-refractivity contribution in [2.75, 3.05) is 23.9 Å². The van der Waals surface area contributed by atoms with Crippen LogP contribution in [0.1, 0.15) is 50.1 Å². The molecule has 2 fully saturated rings. The van der Waals surface area contributed by atoms with Crippen LogP contribution < -0.4 is 15.5 Å². The SMILES string of the molecule is CN(c1cc(C2CC2)[nH]n1)c1ccnc(N(C)[C@H]2CC[C@H](N)CC2)n1. The zero-order valence-corrected chi connectivity index (χ0v) is 15.0. The van der Waals surface area contributed by atoms with Gasteiger partial charge in [-0.2, -0.15) is 10.1 Å². The maximum Gasteiger partial charge on any atom is 0.227 e. The summed E-state index contributed by atoms with van der Waals surface area (Å²) in [5.41, 5.74) is 7.25. The molecule has 2 saturated carbocycles. The molecule has 134 valence electrons. The average molecular weight is 341 g/mol. The molecule has 3 N–H and O–H groups in total. The fourth-order valence-corrected chi connectivity index (χ4v) is 3.57. The quantitative estimate of drug-likeness (QED) is 0.869. The summed E-state index contributed by atoms with van der Waals surface area (Å²) in [6.07, 6.45) is 8.71. The molecule has 0 radical (unpaired) electrons. The van der Waals surface area contributed by atoms with Gasteiger partial charge in [-0.1, -0.05) is 0 Å². The standard InChI is InChI=1S/C18H27N7/c1-24(14-7-5-13(19)6-8-14)18-20-10-9-16(21-18)25(2)17-11-15(22-23-17)12-3-4-12/h9-14H,3-8,19H2,1-2H3,(H,22,23)/t13-,14-. The molecule has 7 heteroatoms. The van der Waals surface area contributed by atoms with E-state index in [4.69, 9.17) is 10.7 Å². The van der Waals surface area contributed by atoms with Gasteiger partial charge in [0.1, 0.15) is 5.82 Å². The van der Waals surface area contributed by atoms with Crippen LogP contribution in [0.2, 0.25) is 0 Å². The molecule has 2 heterocycles. The van der Waals surface area contributed by atoms with Crippen molar-refractivity contribution >= 4 is 17.6 Å². The molecule has 2 aliphatic carbocycles. The number of hydrogen-bond donors (Lipinski definition) is 2. The van der Waals surface area contributed by atoms with Gasteiger partial charge in [0, 0.05) is 50.1 Å². The van der Waals surface area contributed by atoms with E-state index in [1.165, 1.54) is 18.5 Å². The van der Waals surface area contributed by atoms with Gasteiger partial charge in [0.2, 0.25) is 5.95 Å². The maximum atomic E-state index is 6.03. The number of nitrogens with two attached hydrogens (primary N) is 1. The molecular weight excluding hydrogens is 314 g/mol. The Labute approximate surface area is 148 Å². The fraction of sp³-hybridized carbons (Fsp3) is 0.611. The van der Waals surface area contributed by atoms with E-state index < -0.39 is 0 Å². The monoisotopic (exact) mass is 341 g/mol. The highest BCUT2D eigenvalue weighted by Gasteiger charge is 2.27. The van der Waals surface area contributed by atoms with Crippen LogP contribution in [0.15, 0.2) is 18.3 Å². The van der Waals surface area contributed by atoms with Crippen LogP contribution in [0.4, 0.5) is 17.6 Å². The van der Waals surface area contributed by atoms with Crippen molar-refractivity contribution in [1.82, 2.24) is 20.2 Å². The van der Waals surface area contributed by atoms with Crippen LogP contribution in [0, 0.1) is 0 Å². The van der Waals surface area contributed by atoms with Crippen LogP contribution in [0.25, 0.3) is 0 Å². The van der Waals surface area contributed by atoms with E-state index in [1.807, 2.05) is 24.2 Å². The maximum absolute atomic E-state index is 6.03. The van der Waals surface area contributed by atoms with E-state index in [0.717, 1.165) is 43.3 Å². The highest BCUT2D eigenvalue weighted by molar-refractivity contribution is 5.56. The van der Waals surface area contributed by atoms with Gasteiger partial charge in [-0.3, -0.25) is 5.10 Å². The zero-order chi connectivity index (χ0) is 17.4. The first-order chi connectivity index (χ1) is 12.1. The third-order valence-corrected chi connectivity index (χ3v) is 5.52. The Balaban J connectivity index is 1.49. The molecule has 2 aromatic heterocycles. The summed E-state index contributed by atoms with van der Waals surface area (Å²) in [5.74, 6) is 3.19. The predicted molar refractivity (Wildman–Crippen MR) is 99.3 cm³/mol. The lowest BCUT2D eigenvalue weighted by Crippen LogP contribution is -2.39. The number of aromatic amines is 1. The van der Waals surface area contributed by atoms with Gasteiger partial charge >= 0.3 is 0 Å². The molecule has 2 aliphatic rings. The van der Waals surface area contributed by atoms with Crippen LogP contribution in [0.5, 0.6) is 0 Å². The lowest BCUT2D eigenvalue weighted by Gasteiger charge is -2.33. The van der Waals surface area contributed by atoms with E-state index in [2.05, 4.69) is 33.2 Å². The normalized spacial score (nSPS) is 23.5. The minimum absolute atomic E-state index is 0.350. The summed E-state index contributed by atoms with van der Waals surface area (Å²) in [6.45, 7) is 0. The highest BCUT2D eigenvalue weighted by atomic mass is 15.3. The van der Waals surface area contributed by atoms with E-state index in [0.29, 0.717) is 18.0 Å². The Morgan fingerprint density at radius 3 is 2.56 bits per heavy atom. The number of anilines is 3. The lowest BCUT2D eigenvalue weighted by molar-refractivity contribution is 0.382. The smallest absolute Gasteiger partial charge is 0.227 e. The number of H-pyrrole nitrogens is 1. The predicted octanol–water partition coefficient (Wildman–Crippen LogP) is 2.55. The Morgan fingerprint density at radius 1 is 1.08 bits per heavy atom. The largest absolute Gasteiger partial charge is 0.341 e. The third kappa shape index (κ3) is 3.46. The second-order valence-electron chi connectivity index (χ2n) is 7.41. The molecule has 0 aromatic carbocycles. The first-order valence-corrected chi connectivity index (χ1v) is 9.22. The van der Waals surface area contributed by atoms with Crippen LogP contribution in [-0.2, 0) is 0 Å². The molecule has 0 saturated heterocycles. The van der Waals surface area contributed by atoms with E-state index >= 15 is 0 Å². The second-order valence-corrected chi connectivity index (χ2v) is 7.41. The number of nitrogens with one attached hydrogen (secondary N) is 1. The molecule has 0 unspecified atom stereocenters. The summed E-state index contributed by atoms with van der Waals surface area (Å²) < 4.78 is 0. The van der Waals surface area contributed by atoms with Gasteiger partial charge in [0.05, 0.1) is 0 Å². The number of rotatable bonds is 5. The Hall–Kier alpha value is -2.15. The molecule has 7 nitrogen and oxygen atoms in total. The van der Waals surface area contributed by atoms with Crippen LogP contribution in [-0.4, -0.2) is 46.3 Å². The fourth-order valence-electron chi connectivity index (χ4n) is 3.57. The summed E-state index contributed by atoms with van der Waals surface area (Å²) >= 11 is 0. The van der Waals surface area contributed by atoms with Gasteiger partial charge in [0.15, 0.2) is 5.82 Å². The number of hydrogen-bond acceptors (Lipinski definition) is 6. The molecule has 0 bridgehead atoms. The van der Waals surface area contributed by atoms with Crippen LogP contribution in [0.3, 0.4) is 0 Å². The van der Waals surface area contributed by atoms with E-state index in [9.17, 15) is 0 Å². The van der Waals surface area contributed by atoms with Crippen molar-refractivity contribution in [3.8, 4) is 0 Å². The van der Waals surface area contributed by atoms with Gasteiger partial charge < -0.3 is 15.5 Å². The van der Waals surface area contributed by atoms with Gasteiger partial charge in [-0.15, -0.1) is 0 Å². The Bertz CT molecular complexity index is 716. The van der Waals surface area contributed by atoms with Crippen molar-refractivity contribution in [2.24, 2.45) is 5.73 Å². The molecule has 0 spiro atoms. The van der Waals surface area contributed by atoms with E-state index in [-0.39, 0.29) is 0 Å². The first kappa shape index (κ1) is 16.3. The van der Waals surface area contributed by atoms with Crippen molar-refractivity contribution in [3.63, 3.8) is 0 Å². The minimum Gasteiger partial charge on any atom is -0.341 e. The Morgan fingerprint density at radius 2 is 1.84 bits per heavy atom. The molecule has 0 atom stereocenters. The zero-order valence-electron chi connectivity index (χ0n) is 15.0. The Kier molecular flexibility index (Phi) is 4.33. The summed E-state index contributed by atoms with van der Waals surface area (Å²) in [4.78, 5) is 13.5. The van der Waals surface area contributed by atoms with Crippen molar-refractivity contribution in [2.45, 2.75) is 56.5 Å². The van der Waals surface area contributed by atoms with Gasteiger partial charge in [-0.05, 0) is 44.6 Å². The molecule has 0 amide bonds. The average Bonchev–Trinajstić information content (AvgIpc) is 3.38. The topological polar surface area (TPSA) is 87.0 Å². The summed E-state index contributed by atoms with van der Waals surface area (Å²) in [7, 11) is 4.08. The van der Waals surface area contributed by atoms with Crippen LogP contribution >= 0.6 is 0 Å². The number of aromatic nitrogens is 4. The number of nitrogens with zero attached hydrogens (tertiary/aromatic N) is 5. The molecule has 0 aliphatic heterocycles. The third-order valence-electron chi connectivity index (χ3n) is 5.52. The summed E-state index contributed by atoms with van der Waals surface area (Å²) in [5, 5.41) is 7.59. The molecule has 25 heavy (non-hydrogen) atoms. The van der Waals surface area contributed by atoms with Crippen molar-refractivity contribution < 1.29 is 0 Å². The van der Waals surface area contributed by atoms with Gasteiger partial charge in [-0.25, -0.2) is 4.98 Å². The second kappa shape index (κ2) is 6.63. The molecule has 4 rings (SSSR count). The first-order valence-electron chi connectivity index (χ1n) is 9.22. The lowest BCUT2D eigenvalue weighted by atomic mass is 9.91. The van der Waals surface area contributed by atoms with Crippen molar-refractivity contribution in [1.29, 1.82) is 0 Å². The van der Waals surface area contributed by atoms with Crippen molar-refractivity contribution in [3.05, 3.63) is 24.0 Å². The molecule has 2 aromatic rings. The highest BCUT2D eigenvalue weighted by Crippen LogP contribution is 2.40. The van der Waals surface area contributed by atoms with Gasteiger partial charge in [0.25, 0.3) is 0 Å². The van der Waals surface area contributed by atoms with E-state index in [1.54, 1.807) is 0 Å². The molecular formula is C18H27N7. The summed E-state index contributed by atoms with van der Waals surface area (Å²) in [6, 6.07) is 4.88. The minimum atomic E-state index is 0.350.